The molecule has 3 aromatic rings. The van der Waals surface area contributed by atoms with E-state index in [1.54, 1.807) is 12.1 Å². The Morgan fingerprint density at radius 3 is 2.24 bits per heavy atom. The maximum atomic E-state index is 13.4. The van der Waals surface area contributed by atoms with E-state index >= 15 is 0 Å². The van der Waals surface area contributed by atoms with Gasteiger partial charge in [-0.25, -0.2) is 4.79 Å². The van der Waals surface area contributed by atoms with Gasteiger partial charge < -0.3 is 15.0 Å². The van der Waals surface area contributed by atoms with Crippen molar-refractivity contribution in [3.8, 4) is 11.3 Å². The number of nitrogens with one attached hydrogen (secondary N) is 1. The second-order valence-corrected chi connectivity index (χ2v) is 11.4. The van der Waals surface area contributed by atoms with E-state index in [2.05, 4.69) is 61.5 Å². The van der Waals surface area contributed by atoms with Crippen molar-refractivity contribution in [1.82, 2.24) is 14.8 Å². The summed E-state index contributed by atoms with van der Waals surface area (Å²) in [5.41, 5.74) is 4.43. The third kappa shape index (κ3) is 5.96. The monoisotopic (exact) mass is 517 g/mol. The first-order chi connectivity index (χ1) is 18.2. The number of hydrogen-bond donors (Lipinski definition) is 2. The van der Waals surface area contributed by atoms with Crippen molar-refractivity contribution >= 4 is 22.8 Å². The van der Waals surface area contributed by atoms with E-state index in [9.17, 15) is 14.7 Å². The van der Waals surface area contributed by atoms with Gasteiger partial charge in [0, 0.05) is 30.1 Å². The first-order valence-corrected chi connectivity index (χ1v) is 14.2. The lowest BCUT2D eigenvalue weighted by Crippen LogP contribution is -2.49. The standard InChI is InChI=1S/C32H43N3O3/c1-21(2)35(22(3)4)23(5)19-33-29(36)20-34-28-18-26(32(37)38)16-17-27(28)30(24-12-8-6-9-13-24)31(34)25-14-10-7-11-15-25/h7,10-11,14-18,21-24H,6,8-9,12-13,19-20H2,1-5H3,(H,33,36)(H,37,38). The van der Waals surface area contributed by atoms with Crippen LogP contribution >= 0.6 is 0 Å². The number of nitrogens with zero attached hydrogens (tertiary/aromatic N) is 2. The summed E-state index contributed by atoms with van der Waals surface area (Å²) in [6.45, 7) is 11.6. The zero-order valence-corrected chi connectivity index (χ0v) is 23.5. The van der Waals surface area contributed by atoms with Crippen LogP contribution in [0.15, 0.2) is 48.5 Å². The van der Waals surface area contributed by atoms with E-state index in [-0.39, 0.29) is 24.1 Å². The van der Waals surface area contributed by atoms with Gasteiger partial charge in [-0.1, -0.05) is 55.7 Å². The molecule has 2 N–H and O–H groups in total. The van der Waals surface area contributed by atoms with E-state index in [4.69, 9.17) is 0 Å². The molecule has 0 aliphatic heterocycles. The molecule has 6 nitrogen and oxygen atoms in total. The Bertz CT molecular complexity index is 1250. The van der Waals surface area contributed by atoms with Crippen molar-refractivity contribution in [1.29, 1.82) is 0 Å². The molecular formula is C32H43N3O3. The Kier molecular flexibility index (Phi) is 8.93. The summed E-state index contributed by atoms with van der Waals surface area (Å²) in [5, 5.41) is 14.0. The van der Waals surface area contributed by atoms with Crippen LogP contribution in [-0.4, -0.2) is 51.1 Å². The molecule has 0 spiro atoms. The third-order valence-corrected chi connectivity index (χ3v) is 8.01. The normalized spacial score (nSPS) is 15.5. The first-order valence-electron chi connectivity index (χ1n) is 14.2. The van der Waals surface area contributed by atoms with Crippen LogP contribution < -0.4 is 5.32 Å². The molecule has 204 valence electrons. The van der Waals surface area contributed by atoms with Crippen LogP contribution in [0.5, 0.6) is 0 Å². The van der Waals surface area contributed by atoms with Gasteiger partial charge in [0.2, 0.25) is 5.91 Å². The molecule has 2 aromatic carbocycles. The van der Waals surface area contributed by atoms with Crippen molar-refractivity contribution in [2.75, 3.05) is 6.54 Å². The summed E-state index contributed by atoms with van der Waals surface area (Å²) in [4.78, 5) is 27.7. The number of rotatable bonds is 10. The van der Waals surface area contributed by atoms with Crippen LogP contribution in [0.3, 0.4) is 0 Å². The molecule has 1 aromatic heterocycles. The van der Waals surface area contributed by atoms with E-state index in [1.165, 1.54) is 24.8 Å². The van der Waals surface area contributed by atoms with Crippen molar-refractivity contribution in [2.24, 2.45) is 0 Å². The lowest BCUT2D eigenvalue weighted by atomic mass is 9.82. The Morgan fingerprint density at radius 1 is 0.974 bits per heavy atom. The molecule has 0 radical (unpaired) electrons. The van der Waals surface area contributed by atoms with Gasteiger partial charge in [0.1, 0.15) is 6.54 Å². The number of carbonyl (C=O) groups is 2. The summed E-state index contributed by atoms with van der Waals surface area (Å²) in [6, 6.07) is 16.6. The fourth-order valence-corrected chi connectivity index (χ4v) is 6.57. The molecule has 1 heterocycles. The van der Waals surface area contributed by atoms with Gasteiger partial charge in [-0.3, -0.25) is 9.69 Å². The Morgan fingerprint density at radius 2 is 1.63 bits per heavy atom. The first kappa shape index (κ1) is 27.9. The zero-order valence-electron chi connectivity index (χ0n) is 23.5. The number of benzene rings is 2. The highest BCUT2D eigenvalue weighted by Crippen LogP contribution is 2.44. The van der Waals surface area contributed by atoms with Crippen LogP contribution in [-0.2, 0) is 11.3 Å². The SMILES string of the molecule is CC(C)N(C(C)C)C(C)CNC(=O)Cn1c(-c2ccccc2)c(C2CCCCC2)c2ccc(C(=O)O)cc21. The molecule has 4 rings (SSSR count). The number of fused-ring (bicyclic) bond motifs is 1. The molecular weight excluding hydrogens is 474 g/mol. The van der Waals surface area contributed by atoms with Gasteiger partial charge in [-0.05, 0) is 76.6 Å². The predicted octanol–water partition coefficient (Wildman–Crippen LogP) is 6.68. The lowest BCUT2D eigenvalue weighted by Gasteiger charge is -2.36. The summed E-state index contributed by atoms with van der Waals surface area (Å²) in [6.07, 6.45) is 5.87. The van der Waals surface area contributed by atoms with E-state index in [0.29, 0.717) is 24.5 Å². The minimum Gasteiger partial charge on any atom is -0.478 e. The molecule has 1 atom stereocenters. The average Bonchev–Trinajstić information content (AvgIpc) is 3.21. The van der Waals surface area contributed by atoms with Crippen LogP contribution in [0.25, 0.3) is 22.2 Å². The Labute approximate surface area is 227 Å². The minimum absolute atomic E-state index is 0.0608. The third-order valence-electron chi connectivity index (χ3n) is 8.01. The minimum atomic E-state index is -0.958. The zero-order chi connectivity index (χ0) is 27.4. The smallest absolute Gasteiger partial charge is 0.335 e. The van der Waals surface area contributed by atoms with Gasteiger partial charge in [-0.15, -0.1) is 0 Å². The maximum Gasteiger partial charge on any atom is 0.335 e. The van der Waals surface area contributed by atoms with Gasteiger partial charge in [0.05, 0.1) is 16.8 Å². The van der Waals surface area contributed by atoms with Crippen LogP contribution in [0, 0.1) is 0 Å². The Hall–Kier alpha value is -3.12. The number of amides is 1. The summed E-state index contributed by atoms with van der Waals surface area (Å²) in [5.74, 6) is -0.623. The molecule has 1 amide bonds. The largest absolute Gasteiger partial charge is 0.478 e. The van der Waals surface area contributed by atoms with Crippen molar-refractivity contribution in [3.05, 3.63) is 59.7 Å². The highest BCUT2D eigenvalue weighted by atomic mass is 16.4. The quantitative estimate of drug-likeness (QED) is 0.315. The number of carboxylic acids is 1. The van der Waals surface area contributed by atoms with Crippen LogP contribution in [0.4, 0.5) is 0 Å². The second kappa shape index (κ2) is 12.2. The molecule has 0 bridgehead atoms. The second-order valence-electron chi connectivity index (χ2n) is 11.4. The topological polar surface area (TPSA) is 74.6 Å². The van der Waals surface area contributed by atoms with E-state index in [0.717, 1.165) is 35.0 Å². The van der Waals surface area contributed by atoms with Gasteiger partial charge in [0.15, 0.2) is 0 Å². The molecule has 1 aliphatic rings. The summed E-state index contributed by atoms with van der Waals surface area (Å²) in [7, 11) is 0. The fourth-order valence-electron chi connectivity index (χ4n) is 6.57. The molecule has 0 saturated heterocycles. The molecule has 1 fully saturated rings. The molecule has 1 saturated carbocycles. The average molecular weight is 518 g/mol. The summed E-state index contributed by atoms with van der Waals surface area (Å²) >= 11 is 0. The van der Waals surface area contributed by atoms with Crippen molar-refractivity contribution in [3.63, 3.8) is 0 Å². The molecule has 1 aliphatic carbocycles. The highest BCUT2D eigenvalue weighted by Gasteiger charge is 2.28. The number of hydrogen-bond acceptors (Lipinski definition) is 3. The molecule has 1 unspecified atom stereocenters. The fraction of sp³-hybridized carbons (Fsp3) is 0.500. The summed E-state index contributed by atoms with van der Waals surface area (Å²) < 4.78 is 2.06. The lowest BCUT2D eigenvalue weighted by molar-refractivity contribution is -0.121. The van der Waals surface area contributed by atoms with E-state index in [1.807, 2.05) is 24.3 Å². The number of carbonyl (C=O) groups excluding carboxylic acids is 1. The number of carboxylic acid groups (broad SMARTS) is 1. The van der Waals surface area contributed by atoms with Gasteiger partial charge in [-0.2, -0.15) is 0 Å². The Balaban J connectivity index is 1.76. The molecule has 38 heavy (non-hydrogen) atoms. The highest BCUT2D eigenvalue weighted by molar-refractivity contribution is 5.99. The van der Waals surface area contributed by atoms with Crippen LogP contribution in [0.1, 0.15) is 88.6 Å². The maximum absolute atomic E-state index is 13.4. The van der Waals surface area contributed by atoms with Gasteiger partial charge >= 0.3 is 5.97 Å². The number of aromatic nitrogens is 1. The molecule has 6 heteroatoms. The van der Waals surface area contributed by atoms with E-state index < -0.39 is 5.97 Å². The van der Waals surface area contributed by atoms with Crippen molar-refractivity contribution < 1.29 is 14.7 Å². The number of aromatic carboxylic acids is 1. The van der Waals surface area contributed by atoms with Crippen LogP contribution in [0.2, 0.25) is 0 Å². The van der Waals surface area contributed by atoms with Gasteiger partial charge in [0.25, 0.3) is 0 Å². The predicted molar refractivity (Wildman–Crippen MR) is 155 cm³/mol. The van der Waals surface area contributed by atoms with Crippen molar-refractivity contribution in [2.45, 2.75) is 97.3 Å².